The van der Waals surface area contributed by atoms with Crippen LogP contribution in [0.15, 0.2) is 24.3 Å². The van der Waals surface area contributed by atoms with Gasteiger partial charge in [-0.25, -0.2) is 0 Å². The lowest BCUT2D eigenvalue weighted by atomic mass is 10.0. The summed E-state index contributed by atoms with van der Waals surface area (Å²) < 4.78 is 11.0. The fraction of sp³-hybridized carbons (Fsp3) is 0.600. The van der Waals surface area contributed by atoms with E-state index in [2.05, 4.69) is 11.8 Å². The smallest absolute Gasteiger partial charge is 0.161 e. The third-order valence-corrected chi connectivity index (χ3v) is 3.79. The zero-order valence-corrected chi connectivity index (χ0v) is 11.8. The van der Waals surface area contributed by atoms with Gasteiger partial charge in [0.1, 0.15) is 6.61 Å². The first-order valence-corrected chi connectivity index (χ1v) is 6.94. The van der Waals surface area contributed by atoms with Crippen LogP contribution in [0.3, 0.4) is 0 Å². The summed E-state index contributed by atoms with van der Waals surface area (Å²) in [5.74, 6) is 2.23. The van der Waals surface area contributed by atoms with Crippen molar-refractivity contribution < 1.29 is 9.47 Å². The van der Waals surface area contributed by atoms with Crippen molar-refractivity contribution in [1.82, 2.24) is 4.90 Å². The van der Waals surface area contributed by atoms with E-state index in [9.17, 15) is 0 Å². The molecule has 2 N–H and O–H groups in total. The summed E-state index contributed by atoms with van der Waals surface area (Å²) >= 11 is 0. The Kier molecular flexibility index (Phi) is 5.05. The largest absolute Gasteiger partial charge is 0.493 e. The van der Waals surface area contributed by atoms with Crippen LogP contribution in [0.5, 0.6) is 11.5 Å². The Labute approximate surface area is 115 Å². The highest BCUT2D eigenvalue weighted by Crippen LogP contribution is 2.26. The zero-order chi connectivity index (χ0) is 13.7. The standard InChI is InChI=1S/C15H24N2O2/c1-12(16)13-7-8-17(11-13)9-10-19-15-6-4-3-5-14(15)18-2/h3-6,12-13H,7-11,16H2,1-2H3. The molecular weight excluding hydrogens is 240 g/mol. The molecule has 1 aromatic carbocycles. The number of likely N-dealkylation sites (tertiary alicyclic amines) is 1. The van der Waals surface area contributed by atoms with Gasteiger partial charge in [0.2, 0.25) is 0 Å². The Morgan fingerprint density at radius 2 is 2.11 bits per heavy atom. The molecule has 19 heavy (non-hydrogen) atoms. The maximum Gasteiger partial charge on any atom is 0.161 e. The Morgan fingerprint density at radius 1 is 1.37 bits per heavy atom. The third-order valence-electron chi connectivity index (χ3n) is 3.79. The Balaban J connectivity index is 1.75. The quantitative estimate of drug-likeness (QED) is 0.850. The maximum atomic E-state index is 5.94. The lowest BCUT2D eigenvalue weighted by Crippen LogP contribution is -2.31. The van der Waals surface area contributed by atoms with Gasteiger partial charge in [0.05, 0.1) is 7.11 Å². The van der Waals surface area contributed by atoms with Crippen molar-refractivity contribution in [1.29, 1.82) is 0 Å². The fourth-order valence-electron chi connectivity index (χ4n) is 2.52. The minimum atomic E-state index is 0.292. The third kappa shape index (κ3) is 3.85. The van der Waals surface area contributed by atoms with E-state index in [-0.39, 0.29) is 0 Å². The number of hydrogen-bond acceptors (Lipinski definition) is 4. The minimum Gasteiger partial charge on any atom is -0.493 e. The molecule has 1 saturated heterocycles. The van der Waals surface area contributed by atoms with Crippen molar-refractivity contribution in [2.24, 2.45) is 11.7 Å². The van der Waals surface area contributed by atoms with Crippen LogP contribution < -0.4 is 15.2 Å². The van der Waals surface area contributed by atoms with Crippen LogP contribution in [0.25, 0.3) is 0 Å². The second kappa shape index (κ2) is 6.78. The van der Waals surface area contributed by atoms with Crippen LogP contribution in [-0.4, -0.2) is 44.3 Å². The normalized spacial score (nSPS) is 21.3. The van der Waals surface area contributed by atoms with Gasteiger partial charge in [-0.15, -0.1) is 0 Å². The summed E-state index contributed by atoms with van der Waals surface area (Å²) in [5.41, 5.74) is 5.94. The van der Waals surface area contributed by atoms with Crippen LogP contribution >= 0.6 is 0 Å². The molecule has 1 aromatic rings. The van der Waals surface area contributed by atoms with Gasteiger partial charge >= 0.3 is 0 Å². The highest BCUT2D eigenvalue weighted by molar-refractivity contribution is 5.39. The van der Waals surface area contributed by atoms with E-state index in [1.165, 1.54) is 6.42 Å². The average molecular weight is 264 g/mol. The highest BCUT2D eigenvalue weighted by atomic mass is 16.5. The molecule has 0 radical (unpaired) electrons. The van der Waals surface area contributed by atoms with Crippen molar-refractivity contribution in [3.8, 4) is 11.5 Å². The van der Waals surface area contributed by atoms with E-state index >= 15 is 0 Å². The van der Waals surface area contributed by atoms with Crippen molar-refractivity contribution in [3.05, 3.63) is 24.3 Å². The SMILES string of the molecule is COc1ccccc1OCCN1CCC(C(C)N)C1. The molecule has 0 aromatic heterocycles. The van der Waals surface area contributed by atoms with E-state index in [1.807, 2.05) is 24.3 Å². The molecule has 0 bridgehead atoms. The number of nitrogens with two attached hydrogens (primary N) is 1. The number of methoxy groups -OCH3 is 1. The molecule has 1 heterocycles. The van der Waals surface area contributed by atoms with Gasteiger partial charge in [-0.05, 0) is 37.9 Å². The maximum absolute atomic E-state index is 5.94. The molecule has 0 saturated carbocycles. The number of benzene rings is 1. The molecule has 0 aliphatic carbocycles. The summed E-state index contributed by atoms with van der Waals surface area (Å²) in [6.07, 6.45) is 1.20. The lowest BCUT2D eigenvalue weighted by Gasteiger charge is -2.18. The molecule has 4 heteroatoms. The van der Waals surface area contributed by atoms with E-state index < -0.39 is 0 Å². The minimum absolute atomic E-state index is 0.292. The van der Waals surface area contributed by atoms with Crippen molar-refractivity contribution in [3.63, 3.8) is 0 Å². The van der Waals surface area contributed by atoms with Gasteiger partial charge in [0, 0.05) is 19.1 Å². The van der Waals surface area contributed by atoms with Gasteiger partial charge in [0.15, 0.2) is 11.5 Å². The summed E-state index contributed by atoms with van der Waals surface area (Å²) in [6, 6.07) is 8.05. The van der Waals surface area contributed by atoms with Crippen LogP contribution in [0.4, 0.5) is 0 Å². The lowest BCUT2D eigenvalue weighted by molar-refractivity contribution is 0.224. The van der Waals surface area contributed by atoms with Crippen LogP contribution in [-0.2, 0) is 0 Å². The topological polar surface area (TPSA) is 47.7 Å². The van der Waals surface area contributed by atoms with Gasteiger partial charge in [-0.1, -0.05) is 12.1 Å². The molecular formula is C15H24N2O2. The number of para-hydroxylation sites is 2. The molecule has 1 aliphatic heterocycles. The van der Waals surface area contributed by atoms with E-state index in [0.29, 0.717) is 18.6 Å². The van der Waals surface area contributed by atoms with Gasteiger partial charge in [-0.2, -0.15) is 0 Å². The summed E-state index contributed by atoms with van der Waals surface area (Å²) in [5, 5.41) is 0. The molecule has 2 rings (SSSR count). The first-order valence-electron chi connectivity index (χ1n) is 6.94. The number of nitrogens with zero attached hydrogens (tertiary/aromatic N) is 1. The zero-order valence-electron chi connectivity index (χ0n) is 11.8. The molecule has 0 spiro atoms. The van der Waals surface area contributed by atoms with E-state index in [4.69, 9.17) is 15.2 Å². The summed E-state index contributed by atoms with van der Waals surface area (Å²) in [4.78, 5) is 2.42. The Bertz CT molecular complexity index is 395. The molecule has 0 amide bonds. The monoisotopic (exact) mass is 264 g/mol. The van der Waals surface area contributed by atoms with Crippen molar-refractivity contribution in [2.45, 2.75) is 19.4 Å². The van der Waals surface area contributed by atoms with Crippen LogP contribution in [0, 0.1) is 5.92 Å². The van der Waals surface area contributed by atoms with E-state index in [1.54, 1.807) is 7.11 Å². The molecule has 2 unspecified atom stereocenters. The number of rotatable bonds is 6. The Hall–Kier alpha value is -1.26. The second-order valence-corrected chi connectivity index (χ2v) is 5.21. The van der Waals surface area contributed by atoms with Crippen molar-refractivity contribution in [2.75, 3.05) is 33.4 Å². The van der Waals surface area contributed by atoms with Crippen LogP contribution in [0.2, 0.25) is 0 Å². The van der Waals surface area contributed by atoms with Crippen LogP contribution in [0.1, 0.15) is 13.3 Å². The van der Waals surface area contributed by atoms with Crippen molar-refractivity contribution >= 4 is 0 Å². The predicted octanol–water partition coefficient (Wildman–Crippen LogP) is 1.74. The van der Waals surface area contributed by atoms with Gasteiger partial charge in [0.25, 0.3) is 0 Å². The first-order chi connectivity index (χ1) is 9.20. The van der Waals surface area contributed by atoms with E-state index in [0.717, 1.165) is 31.1 Å². The molecule has 4 nitrogen and oxygen atoms in total. The predicted molar refractivity (Wildman–Crippen MR) is 76.7 cm³/mol. The highest BCUT2D eigenvalue weighted by Gasteiger charge is 2.24. The average Bonchev–Trinajstić information content (AvgIpc) is 2.88. The fourth-order valence-corrected chi connectivity index (χ4v) is 2.52. The van der Waals surface area contributed by atoms with Gasteiger partial charge in [-0.3, -0.25) is 4.90 Å². The molecule has 1 fully saturated rings. The Morgan fingerprint density at radius 3 is 2.74 bits per heavy atom. The molecule has 2 atom stereocenters. The first kappa shape index (κ1) is 14.2. The summed E-state index contributed by atoms with van der Waals surface area (Å²) in [6.45, 7) is 5.95. The number of ether oxygens (including phenoxy) is 2. The van der Waals surface area contributed by atoms with Gasteiger partial charge < -0.3 is 15.2 Å². The molecule has 1 aliphatic rings. The molecule has 106 valence electrons. The second-order valence-electron chi connectivity index (χ2n) is 5.21. The summed E-state index contributed by atoms with van der Waals surface area (Å²) in [7, 11) is 1.66. The number of hydrogen-bond donors (Lipinski definition) is 1.